The monoisotopic (exact) mass is 415 g/mol. The van der Waals surface area contributed by atoms with E-state index in [1.54, 1.807) is 7.11 Å². The molecule has 2 heterocycles. The van der Waals surface area contributed by atoms with Crippen LogP contribution in [-0.2, 0) is 23.0 Å². The van der Waals surface area contributed by atoms with Crippen molar-refractivity contribution in [3.8, 4) is 5.75 Å². The second-order valence-corrected chi connectivity index (χ2v) is 9.76. The average Bonchev–Trinajstić information content (AvgIpc) is 3.15. The van der Waals surface area contributed by atoms with E-state index in [4.69, 9.17) is 4.74 Å². The van der Waals surface area contributed by atoms with E-state index in [0.717, 1.165) is 48.4 Å². The normalized spacial score (nSPS) is 21.8. The van der Waals surface area contributed by atoms with Crippen molar-refractivity contribution in [1.29, 1.82) is 0 Å². The Hall–Kier alpha value is -2.09. The molecule has 7 heteroatoms. The number of rotatable bonds is 6. The minimum absolute atomic E-state index is 0.262. The van der Waals surface area contributed by atoms with Crippen molar-refractivity contribution in [1.82, 2.24) is 10.6 Å². The number of hydrogen-bond donors (Lipinski definition) is 2. The van der Waals surface area contributed by atoms with Crippen LogP contribution in [0, 0.1) is 0 Å². The SMILES string of the molecule is COc1cc2c(cc1CNC1CCCNC1c1ccccc1)N(S(C)(=O)=O)CC2. The van der Waals surface area contributed by atoms with Crippen LogP contribution in [0.5, 0.6) is 5.75 Å². The quantitative estimate of drug-likeness (QED) is 0.759. The number of nitrogens with one attached hydrogen (secondary N) is 2. The van der Waals surface area contributed by atoms with Crippen LogP contribution in [0.1, 0.15) is 35.6 Å². The molecule has 2 atom stereocenters. The molecule has 2 unspecified atom stereocenters. The molecular formula is C22H29N3O3S. The summed E-state index contributed by atoms with van der Waals surface area (Å²) >= 11 is 0. The lowest BCUT2D eigenvalue weighted by Gasteiger charge is -2.34. The fourth-order valence-corrected chi connectivity index (χ4v) is 5.41. The molecule has 2 aromatic carbocycles. The third kappa shape index (κ3) is 4.27. The number of methoxy groups -OCH3 is 1. The lowest BCUT2D eigenvalue weighted by atomic mass is 9.92. The van der Waals surface area contributed by atoms with Gasteiger partial charge in [-0.25, -0.2) is 8.42 Å². The first-order valence-corrected chi connectivity index (χ1v) is 12.0. The molecule has 0 aliphatic carbocycles. The lowest BCUT2D eigenvalue weighted by Crippen LogP contribution is -2.45. The summed E-state index contributed by atoms with van der Waals surface area (Å²) in [5, 5.41) is 7.33. The van der Waals surface area contributed by atoms with Crippen LogP contribution in [0.4, 0.5) is 5.69 Å². The molecule has 0 bridgehead atoms. The minimum atomic E-state index is -3.27. The van der Waals surface area contributed by atoms with Gasteiger partial charge in [0.2, 0.25) is 10.0 Å². The number of anilines is 1. The van der Waals surface area contributed by atoms with E-state index in [1.807, 2.05) is 18.2 Å². The van der Waals surface area contributed by atoms with Gasteiger partial charge in [-0.1, -0.05) is 30.3 Å². The highest BCUT2D eigenvalue weighted by molar-refractivity contribution is 7.92. The maximum atomic E-state index is 12.1. The zero-order chi connectivity index (χ0) is 20.4. The summed E-state index contributed by atoms with van der Waals surface area (Å²) in [7, 11) is -1.60. The summed E-state index contributed by atoms with van der Waals surface area (Å²) in [6.07, 6.45) is 4.21. The van der Waals surface area contributed by atoms with Gasteiger partial charge in [0, 0.05) is 30.7 Å². The first-order valence-electron chi connectivity index (χ1n) is 10.2. The molecule has 4 rings (SSSR count). The topological polar surface area (TPSA) is 70.7 Å². The van der Waals surface area contributed by atoms with Crippen molar-refractivity contribution in [3.05, 3.63) is 59.2 Å². The van der Waals surface area contributed by atoms with Crippen LogP contribution in [0.3, 0.4) is 0 Å². The van der Waals surface area contributed by atoms with E-state index in [0.29, 0.717) is 19.1 Å². The van der Waals surface area contributed by atoms with Crippen molar-refractivity contribution in [2.24, 2.45) is 0 Å². The number of ether oxygens (including phenoxy) is 1. The number of piperidine rings is 1. The fraction of sp³-hybridized carbons (Fsp3) is 0.455. The van der Waals surface area contributed by atoms with Gasteiger partial charge in [-0.15, -0.1) is 0 Å². The standard InChI is InChI=1S/C22H29N3O3S/c1-28-21-14-17-10-12-25(29(2,26)27)20(17)13-18(21)15-24-19-9-6-11-23-22(19)16-7-4-3-5-8-16/h3-5,7-8,13-14,19,22-24H,6,9-12,15H2,1-2H3. The minimum Gasteiger partial charge on any atom is -0.496 e. The molecule has 0 saturated carbocycles. The fourth-order valence-electron chi connectivity index (χ4n) is 4.46. The van der Waals surface area contributed by atoms with Crippen molar-refractivity contribution >= 4 is 15.7 Å². The van der Waals surface area contributed by atoms with Crippen LogP contribution in [0.25, 0.3) is 0 Å². The van der Waals surface area contributed by atoms with Gasteiger partial charge < -0.3 is 15.4 Å². The third-order valence-corrected chi connectivity index (χ3v) is 7.09. The Morgan fingerprint density at radius 2 is 2.03 bits per heavy atom. The van der Waals surface area contributed by atoms with Crippen LogP contribution < -0.4 is 19.7 Å². The lowest BCUT2D eigenvalue weighted by molar-refractivity contribution is 0.303. The first-order chi connectivity index (χ1) is 14.0. The molecule has 0 amide bonds. The average molecular weight is 416 g/mol. The molecular weight excluding hydrogens is 386 g/mol. The number of nitrogens with zero attached hydrogens (tertiary/aromatic N) is 1. The number of benzene rings is 2. The Bertz CT molecular complexity index is 963. The second-order valence-electron chi connectivity index (χ2n) is 7.85. The van der Waals surface area contributed by atoms with Gasteiger partial charge in [-0.05, 0) is 49.1 Å². The van der Waals surface area contributed by atoms with Gasteiger partial charge in [0.25, 0.3) is 0 Å². The largest absolute Gasteiger partial charge is 0.496 e. The van der Waals surface area contributed by atoms with Crippen LogP contribution in [0.2, 0.25) is 0 Å². The summed E-state index contributed by atoms with van der Waals surface area (Å²) in [6.45, 7) is 2.14. The van der Waals surface area contributed by atoms with Gasteiger partial charge in [-0.2, -0.15) is 0 Å². The summed E-state index contributed by atoms with van der Waals surface area (Å²) in [5.74, 6) is 0.812. The van der Waals surface area contributed by atoms with E-state index >= 15 is 0 Å². The first kappa shape index (κ1) is 20.2. The molecule has 0 spiro atoms. The maximum Gasteiger partial charge on any atom is 0.232 e. The third-order valence-electron chi connectivity index (χ3n) is 5.91. The van der Waals surface area contributed by atoms with Gasteiger partial charge >= 0.3 is 0 Å². The molecule has 2 N–H and O–H groups in total. The highest BCUT2D eigenvalue weighted by Gasteiger charge is 2.29. The Morgan fingerprint density at radius 1 is 1.24 bits per heavy atom. The summed E-state index contributed by atoms with van der Waals surface area (Å²) in [5.41, 5.74) is 4.08. The van der Waals surface area contributed by atoms with Crippen molar-refractivity contribution in [3.63, 3.8) is 0 Å². The predicted molar refractivity (Wildman–Crippen MR) is 116 cm³/mol. The van der Waals surface area contributed by atoms with E-state index in [9.17, 15) is 8.42 Å². The molecule has 156 valence electrons. The van der Waals surface area contributed by atoms with Crippen LogP contribution >= 0.6 is 0 Å². The zero-order valence-electron chi connectivity index (χ0n) is 17.0. The molecule has 2 aromatic rings. The zero-order valence-corrected chi connectivity index (χ0v) is 17.8. The highest BCUT2D eigenvalue weighted by atomic mass is 32.2. The summed E-state index contributed by atoms with van der Waals surface area (Å²) in [4.78, 5) is 0. The highest BCUT2D eigenvalue weighted by Crippen LogP contribution is 2.36. The summed E-state index contributed by atoms with van der Waals surface area (Å²) in [6, 6.07) is 15.0. The smallest absolute Gasteiger partial charge is 0.232 e. The maximum absolute atomic E-state index is 12.1. The molecule has 6 nitrogen and oxygen atoms in total. The number of hydrogen-bond acceptors (Lipinski definition) is 5. The molecule has 2 aliphatic rings. The Morgan fingerprint density at radius 3 is 2.76 bits per heavy atom. The van der Waals surface area contributed by atoms with Crippen LogP contribution in [-0.4, -0.2) is 40.9 Å². The van der Waals surface area contributed by atoms with Crippen molar-refractivity contribution in [2.75, 3.05) is 30.8 Å². The van der Waals surface area contributed by atoms with Gasteiger partial charge in [0.1, 0.15) is 5.75 Å². The molecule has 0 radical (unpaired) electrons. The van der Waals surface area contributed by atoms with Crippen LogP contribution in [0.15, 0.2) is 42.5 Å². The van der Waals surface area contributed by atoms with E-state index in [1.165, 1.54) is 16.1 Å². The molecule has 0 aromatic heterocycles. The van der Waals surface area contributed by atoms with Gasteiger partial charge in [0.05, 0.1) is 19.1 Å². The molecule has 1 saturated heterocycles. The molecule has 29 heavy (non-hydrogen) atoms. The number of fused-ring (bicyclic) bond motifs is 1. The molecule has 2 aliphatic heterocycles. The number of sulfonamides is 1. The Kier molecular flexibility index (Phi) is 5.81. The summed E-state index contributed by atoms with van der Waals surface area (Å²) < 4.78 is 31.4. The van der Waals surface area contributed by atoms with E-state index in [2.05, 4.69) is 34.9 Å². The predicted octanol–water partition coefficient (Wildman–Crippen LogP) is 2.60. The van der Waals surface area contributed by atoms with Crippen molar-refractivity contribution in [2.45, 2.75) is 37.9 Å². The van der Waals surface area contributed by atoms with E-state index in [-0.39, 0.29) is 6.04 Å². The van der Waals surface area contributed by atoms with Crippen molar-refractivity contribution < 1.29 is 13.2 Å². The van der Waals surface area contributed by atoms with E-state index < -0.39 is 10.0 Å². The molecule has 1 fully saturated rings. The Labute approximate surface area is 173 Å². The van der Waals surface area contributed by atoms with Gasteiger partial charge in [0.15, 0.2) is 0 Å². The van der Waals surface area contributed by atoms with Gasteiger partial charge in [-0.3, -0.25) is 4.31 Å². The Balaban J connectivity index is 1.56. The second kappa shape index (κ2) is 8.34.